The quantitative estimate of drug-likeness (QED) is 0.512. The summed E-state index contributed by atoms with van der Waals surface area (Å²) in [4.78, 5) is 25.8. The molecule has 2 aromatic rings. The molecule has 0 aliphatic carbocycles. The van der Waals surface area contributed by atoms with Gasteiger partial charge in [0.25, 0.3) is 0 Å². The lowest BCUT2D eigenvalue weighted by atomic mass is 9.93. The normalized spacial score (nSPS) is 13.4. The Kier molecular flexibility index (Phi) is 3.02. The number of benzene rings is 1. The van der Waals surface area contributed by atoms with E-state index >= 15 is 0 Å². The Hall–Kier alpha value is -2.96. The largest absolute Gasteiger partial charge is 0.461 e. The molecule has 106 valence electrons. The molecular formula is C14H11N3O4. The number of ether oxygens (including phenoxy) is 1. The number of nitro groups is 1. The highest BCUT2D eigenvalue weighted by molar-refractivity contribution is 5.84. The lowest BCUT2D eigenvalue weighted by Crippen LogP contribution is -2.17. The molecule has 1 aromatic heterocycles. The molecule has 0 amide bonds. The van der Waals surface area contributed by atoms with Gasteiger partial charge >= 0.3 is 11.7 Å². The van der Waals surface area contributed by atoms with E-state index in [1.54, 1.807) is 18.2 Å². The van der Waals surface area contributed by atoms with Crippen LogP contribution >= 0.6 is 0 Å². The number of esters is 1. The van der Waals surface area contributed by atoms with Crippen molar-refractivity contribution in [3.05, 3.63) is 51.7 Å². The number of nitrogen functional groups attached to an aromatic ring is 1. The maximum Gasteiger partial charge on any atom is 0.318 e. The summed E-state index contributed by atoms with van der Waals surface area (Å²) in [5.41, 5.74) is 7.99. The smallest absolute Gasteiger partial charge is 0.318 e. The fourth-order valence-electron chi connectivity index (χ4n) is 2.46. The van der Waals surface area contributed by atoms with E-state index in [0.29, 0.717) is 11.1 Å². The van der Waals surface area contributed by atoms with Crippen LogP contribution in [0.15, 0.2) is 30.5 Å². The number of carbonyl (C=O) groups excluding carboxylic acids is 1. The van der Waals surface area contributed by atoms with E-state index in [1.165, 1.54) is 6.20 Å². The molecule has 0 unspecified atom stereocenters. The Morgan fingerprint density at radius 3 is 2.86 bits per heavy atom. The number of hydrogen-bond donors (Lipinski definition) is 1. The van der Waals surface area contributed by atoms with E-state index < -0.39 is 4.92 Å². The molecule has 2 N–H and O–H groups in total. The second-order valence-electron chi connectivity index (χ2n) is 4.63. The van der Waals surface area contributed by atoms with E-state index in [0.717, 1.165) is 11.1 Å². The van der Waals surface area contributed by atoms with Gasteiger partial charge in [-0.05, 0) is 17.2 Å². The van der Waals surface area contributed by atoms with Crippen molar-refractivity contribution in [2.75, 3.05) is 5.73 Å². The van der Waals surface area contributed by atoms with E-state index in [1.807, 2.05) is 6.07 Å². The van der Waals surface area contributed by atoms with Crippen molar-refractivity contribution in [1.82, 2.24) is 4.98 Å². The first-order valence-electron chi connectivity index (χ1n) is 6.23. The summed E-state index contributed by atoms with van der Waals surface area (Å²) in [5.74, 6) is -0.439. The summed E-state index contributed by atoms with van der Waals surface area (Å²) in [6.45, 7) is 0.101. The number of nitrogens with zero attached hydrogens (tertiary/aromatic N) is 2. The molecule has 0 saturated heterocycles. The number of fused-ring (bicyclic) bond motifs is 1. The first-order chi connectivity index (χ1) is 10.1. The average molecular weight is 285 g/mol. The van der Waals surface area contributed by atoms with Gasteiger partial charge in [0.1, 0.15) is 6.61 Å². The molecule has 1 aliphatic heterocycles. The van der Waals surface area contributed by atoms with Gasteiger partial charge in [0, 0.05) is 11.8 Å². The van der Waals surface area contributed by atoms with Crippen LogP contribution in [0.4, 0.5) is 11.5 Å². The van der Waals surface area contributed by atoms with Gasteiger partial charge in [0.2, 0.25) is 5.82 Å². The molecule has 0 radical (unpaired) electrons. The van der Waals surface area contributed by atoms with Crippen LogP contribution in [-0.4, -0.2) is 15.9 Å². The maximum absolute atomic E-state index is 11.3. The Labute approximate surface area is 119 Å². The van der Waals surface area contributed by atoms with Crippen molar-refractivity contribution in [3.8, 4) is 11.1 Å². The molecule has 7 nitrogen and oxygen atoms in total. The third-order valence-electron chi connectivity index (χ3n) is 3.41. The number of hydrogen-bond acceptors (Lipinski definition) is 6. The van der Waals surface area contributed by atoms with Crippen LogP contribution in [0.5, 0.6) is 0 Å². The van der Waals surface area contributed by atoms with Crippen molar-refractivity contribution in [3.63, 3.8) is 0 Å². The van der Waals surface area contributed by atoms with Crippen molar-refractivity contribution < 1.29 is 14.5 Å². The molecular weight excluding hydrogens is 274 g/mol. The predicted molar refractivity (Wildman–Crippen MR) is 74.2 cm³/mol. The van der Waals surface area contributed by atoms with Gasteiger partial charge in [0.15, 0.2) is 0 Å². The van der Waals surface area contributed by atoms with Gasteiger partial charge in [-0.1, -0.05) is 18.2 Å². The van der Waals surface area contributed by atoms with Crippen molar-refractivity contribution in [2.24, 2.45) is 0 Å². The minimum absolute atomic E-state index is 0.101. The molecule has 21 heavy (non-hydrogen) atoms. The van der Waals surface area contributed by atoms with Gasteiger partial charge in [-0.15, -0.1) is 0 Å². The number of pyridine rings is 1. The maximum atomic E-state index is 11.3. The zero-order valence-electron chi connectivity index (χ0n) is 10.9. The third-order valence-corrected chi connectivity index (χ3v) is 3.41. The van der Waals surface area contributed by atoms with E-state index in [2.05, 4.69) is 4.98 Å². The highest BCUT2D eigenvalue weighted by atomic mass is 16.6. The first kappa shape index (κ1) is 13.0. The molecule has 7 heteroatoms. The zero-order valence-corrected chi connectivity index (χ0v) is 10.9. The van der Waals surface area contributed by atoms with Crippen LogP contribution in [0.2, 0.25) is 0 Å². The number of cyclic esters (lactones) is 1. The monoisotopic (exact) mass is 285 g/mol. The molecule has 0 saturated carbocycles. The average Bonchev–Trinajstić information content (AvgIpc) is 2.45. The fraction of sp³-hybridized carbons (Fsp3) is 0.143. The van der Waals surface area contributed by atoms with E-state index in [4.69, 9.17) is 10.5 Å². The predicted octanol–water partition coefficient (Wildman–Crippen LogP) is 1.84. The minimum Gasteiger partial charge on any atom is -0.461 e. The van der Waals surface area contributed by atoms with Gasteiger partial charge in [-0.3, -0.25) is 14.9 Å². The van der Waals surface area contributed by atoms with Gasteiger partial charge in [-0.2, -0.15) is 0 Å². The van der Waals surface area contributed by atoms with Crippen molar-refractivity contribution in [1.29, 1.82) is 0 Å². The summed E-state index contributed by atoms with van der Waals surface area (Å²) in [6.07, 6.45) is 1.59. The summed E-state index contributed by atoms with van der Waals surface area (Å²) in [5, 5.41) is 11.2. The molecule has 3 rings (SSSR count). The highest BCUT2D eigenvalue weighted by Gasteiger charge is 2.25. The van der Waals surface area contributed by atoms with Crippen LogP contribution in [0.1, 0.15) is 11.1 Å². The summed E-state index contributed by atoms with van der Waals surface area (Å²) in [7, 11) is 0. The Bertz CT molecular complexity index is 758. The van der Waals surface area contributed by atoms with Crippen molar-refractivity contribution >= 4 is 17.5 Å². The Morgan fingerprint density at radius 2 is 2.10 bits per heavy atom. The van der Waals surface area contributed by atoms with Gasteiger partial charge < -0.3 is 10.5 Å². The third kappa shape index (κ3) is 2.18. The molecule has 2 heterocycles. The molecule has 0 bridgehead atoms. The Morgan fingerprint density at radius 1 is 1.29 bits per heavy atom. The number of aromatic nitrogens is 1. The second-order valence-corrected chi connectivity index (χ2v) is 4.63. The summed E-state index contributed by atoms with van der Waals surface area (Å²) >= 11 is 0. The molecule has 1 aliphatic rings. The molecule has 0 atom stereocenters. The van der Waals surface area contributed by atoms with Gasteiger partial charge in [-0.25, -0.2) is 4.98 Å². The lowest BCUT2D eigenvalue weighted by Gasteiger charge is -2.19. The van der Waals surface area contributed by atoms with E-state index in [9.17, 15) is 14.9 Å². The fourth-order valence-corrected chi connectivity index (χ4v) is 2.46. The summed E-state index contributed by atoms with van der Waals surface area (Å²) < 4.78 is 5.04. The molecule has 0 fully saturated rings. The van der Waals surface area contributed by atoms with E-state index in [-0.39, 0.29) is 30.5 Å². The lowest BCUT2D eigenvalue weighted by molar-refractivity contribution is -0.383. The number of rotatable bonds is 2. The van der Waals surface area contributed by atoms with Crippen molar-refractivity contribution in [2.45, 2.75) is 13.0 Å². The van der Waals surface area contributed by atoms with Crippen LogP contribution in [0.3, 0.4) is 0 Å². The molecule has 1 aromatic carbocycles. The number of carbonyl (C=O) groups is 1. The van der Waals surface area contributed by atoms with Crippen LogP contribution in [0, 0.1) is 10.1 Å². The highest BCUT2D eigenvalue weighted by Crippen LogP contribution is 2.37. The zero-order chi connectivity index (χ0) is 15.0. The summed E-state index contributed by atoms with van der Waals surface area (Å²) in [6, 6.07) is 6.86. The number of nitrogens with two attached hydrogens (primary N) is 1. The first-order valence-corrected chi connectivity index (χ1v) is 6.23. The van der Waals surface area contributed by atoms with Crippen LogP contribution in [0.25, 0.3) is 11.1 Å². The standard InChI is InChI=1S/C14H11N3O4/c15-14-13(17(19)20)10(4-5-16-14)9-3-1-2-8-6-12(18)21-7-11(8)9/h1-5H,6-7H2,(H2,15,16). The second kappa shape index (κ2) is 4.86. The van der Waals surface area contributed by atoms with Crippen LogP contribution < -0.4 is 5.73 Å². The topological polar surface area (TPSA) is 108 Å². The van der Waals surface area contributed by atoms with Gasteiger partial charge in [0.05, 0.1) is 16.9 Å². The Balaban J connectivity index is 2.23. The number of anilines is 1. The SMILES string of the molecule is Nc1nccc(-c2cccc3c2COC(=O)C3)c1[N+](=O)[O-]. The minimum atomic E-state index is -0.550. The molecule has 0 spiro atoms. The van der Waals surface area contributed by atoms with Crippen LogP contribution in [-0.2, 0) is 22.6 Å².